The van der Waals surface area contributed by atoms with E-state index in [2.05, 4.69) is 4.74 Å². The van der Waals surface area contributed by atoms with Gasteiger partial charge in [0.1, 0.15) is 5.78 Å². The van der Waals surface area contributed by atoms with Crippen LogP contribution < -0.4 is 0 Å². The van der Waals surface area contributed by atoms with E-state index in [-0.39, 0.29) is 26.0 Å². The molecule has 0 saturated carbocycles. The molecular weight excluding hydrogens is 239 g/mol. The Labute approximate surface area is 97.7 Å². The fraction of sp³-hybridized carbons (Fsp3) is 0.800. The molecule has 4 nitrogen and oxygen atoms in total. The molecule has 0 amide bonds. The minimum Gasteiger partial charge on any atom is -0.466 e. The van der Waals surface area contributed by atoms with Crippen LogP contribution in [0.25, 0.3) is 0 Å². The van der Waals surface area contributed by atoms with Gasteiger partial charge in [0.25, 0.3) is 0 Å². The normalized spacial score (nSPS) is 11.6. The Morgan fingerprint density at radius 2 is 1.82 bits per heavy atom. The minimum atomic E-state index is -4.32. The highest BCUT2D eigenvalue weighted by Gasteiger charge is 2.29. The summed E-state index contributed by atoms with van der Waals surface area (Å²) >= 11 is 0. The number of carbonyl (C=O) groups excluding carboxylic acids is 2. The summed E-state index contributed by atoms with van der Waals surface area (Å²) in [4.78, 5) is 23.0. The van der Waals surface area contributed by atoms with Gasteiger partial charge in [0.15, 0.2) is 0 Å². The first-order valence-corrected chi connectivity index (χ1v) is 5.17. The molecule has 0 radical (unpaired) electrons. The van der Waals surface area contributed by atoms with Crippen LogP contribution in [0, 0.1) is 0 Å². The van der Waals surface area contributed by atoms with E-state index in [9.17, 15) is 22.8 Å². The molecule has 0 aliphatic heterocycles. The molecule has 0 aromatic rings. The highest BCUT2D eigenvalue weighted by atomic mass is 19.4. The first-order valence-electron chi connectivity index (χ1n) is 5.17. The monoisotopic (exact) mass is 255 g/mol. The number of carbonyl (C=O) groups is 2. The van der Waals surface area contributed by atoms with Gasteiger partial charge in [0, 0.05) is 6.42 Å². The lowest BCUT2D eigenvalue weighted by molar-refractivity contribution is -0.148. The number of rotatable bonds is 7. The lowest BCUT2D eigenvalue weighted by Crippen LogP contribution is -2.34. The van der Waals surface area contributed by atoms with Crippen LogP contribution in [0.2, 0.25) is 0 Å². The first-order chi connectivity index (χ1) is 7.74. The van der Waals surface area contributed by atoms with Gasteiger partial charge in [-0.25, -0.2) is 0 Å². The van der Waals surface area contributed by atoms with Crippen molar-refractivity contribution in [1.82, 2.24) is 4.90 Å². The van der Waals surface area contributed by atoms with Gasteiger partial charge in [-0.2, -0.15) is 13.2 Å². The Hall–Kier alpha value is -1.11. The number of esters is 1. The summed E-state index contributed by atoms with van der Waals surface area (Å²) < 4.78 is 40.4. The van der Waals surface area contributed by atoms with E-state index >= 15 is 0 Å². The number of hydrogen-bond donors (Lipinski definition) is 0. The molecule has 0 aromatic carbocycles. The van der Waals surface area contributed by atoms with Gasteiger partial charge < -0.3 is 4.74 Å². The smallest absolute Gasteiger partial charge is 0.401 e. The molecule has 0 atom stereocenters. The molecule has 0 rings (SSSR count). The highest BCUT2D eigenvalue weighted by molar-refractivity contribution is 5.84. The SMILES string of the molecule is CCOC(=O)CCC(=O)CN(C)CC(F)(F)F. The lowest BCUT2D eigenvalue weighted by Gasteiger charge is -2.17. The van der Waals surface area contributed by atoms with E-state index < -0.39 is 24.5 Å². The Morgan fingerprint density at radius 1 is 1.24 bits per heavy atom. The van der Waals surface area contributed by atoms with Crippen LogP contribution in [0.4, 0.5) is 13.2 Å². The number of ketones is 1. The van der Waals surface area contributed by atoms with Gasteiger partial charge in [-0.3, -0.25) is 14.5 Å². The summed E-state index contributed by atoms with van der Waals surface area (Å²) in [6.07, 6.45) is -4.51. The van der Waals surface area contributed by atoms with Gasteiger partial charge in [0.2, 0.25) is 0 Å². The van der Waals surface area contributed by atoms with Crippen molar-refractivity contribution in [2.45, 2.75) is 25.9 Å². The molecule has 0 bridgehead atoms. The number of nitrogens with zero attached hydrogens (tertiary/aromatic N) is 1. The maximum atomic E-state index is 11.9. The van der Waals surface area contributed by atoms with Crippen molar-refractivity contribution in [1.29, 1.82) is 0 Å². The molecule has 0 aromatic heterocycles. The summed E-state index contributed by atoms with van der Waals surface area (Å²) in [5.74, 6) is -0.927. The van der Waals surface area contributed by atoms with Crippen molar-refractivity contribution in [3.63, 3.8) is 0 Å². The third-order valence-electron chi connectivity index (χ3n) is 1.81. The van der Waals surface area contributed by atoms with Crippen molar-refractivity contribution in [2.24, 2.45) is 0 Å². The summed E-state index contributed by atoms with van der Waals surface area (Å²) in [5.41, 5.74) is 0. The van der Waals surface area contributed by atoms with Gasteiger partial charge in [-0.05, 0) is 14.0 Å². The van der Waals surface area contributed by atoms with Crippen molar-refractivity contribution >= 4 is 11.8 Å². The third kappa shape index (κ3) is 9.80. The van der Waals surface area contributed by atoms with Crippen molar-refractivity contribution in [2.75, 3.05) is 26.7 Å². The van der Waals surface area contributed by atoms with Crippen LogP contribution in [0.5, 0.6) is 0 Å². The van der Waals surface area contributed by atoms with E-state index in [1.165, 1.54) is 7.05 Å². The predicted molar refractivity (Wildman–Crippen MR) is 54.4 cm³/mol. The molecule has 7 heteroatoms. The van der Waals surface area contributed by atoms with E-state index in [0.717, 1.165) is 4.90 Å². The predicted octanol–water partition coefficient (Wildman–Crippen LogP) is 1.39. The maximum absolute atomic E-state index is 11.9. The van der Waals surface area contributed by atoms with Crippen molar-refractivity contribution in [3.8, 4) is 0 Å². The Bertz CT molecular complexity index is 266. The molecule has 0 N–H and O–H groups in total. The molecule has 0 unspecified atom stereocenters. The molecule has 17 heavy (non-hydrogen) atoms. The number of ether oxygens (including phenoxy) is 1. The van der Waals surface area contributed by atoms with Crippen LogP contribution in [0.3, 0.4) is 0 Å². The fourth-order valence-electron chi connectivity index (χ4n) is 1.22. The van der Waals surface area contributed by atoms with Crippen LogP contribution in [0.1, 0.15) is 19.8 Å². The first kappa shape index (κ1) is 15.9. The fourth-order valence-corrected chi connectivity index (χ4v) is 1.22. The zero-order valence-electron chi connectivity index (χ0n) is 9.84. The Balaban J connectivity index is 3.82. The third-order valence-corrected chi connectivity index (χ3v) is 1.81. The number of halogens is 3. The quantitative estimate of drug-likeness (QED) is 0.645. The number of Topliss-reactive ketones (excluding diaryl/α,β-unsaturated/α-hetero) is 1. The topological polar surface area (TPSA) is 46.6 Å². The zero-order chi connectivity index (χ0) is 13.5. The molecule has 0 fully saturated rings. The molecule has 0 spiro atoms. The summed E-state index contributed by atoms with van der Waals surface area (Å²) in [7, 11) is 1.20. The number of hydrogen-bond acceptors (Lipinski definition) is 4. The second-order valence-electron chi connectivity index (χ2n) is 3.63. The van der Waals surface area contributed by atoms with Crippen LogP contribution in [-0.4, -0.2) is 49.6 Å². The Kier molecular flexibility index (Phi) is 6.79. The van der Waals surface area contributed by atoms with Crippen LogP contribution in [-0.2, 0) is 14.3 Å². The average Bonchev–Trinajstić information content (AvgIpc) is 2.12. The zero-order valence-corrected chi connectivity index (χ0v) is 9.84. The molecule has 0 heterocycles. The van der Waals surface area contributed by atoms with E-state index in [4.69, 9.17) is 0 Å². The second-order valence-corrected chi connectivity index (χ2v) is 3.63. The highest BCUT2D eigenvalue weighted by Crippen LogP contribution is 2.15. The Morgan fingerprint density at radius 3 is 2.29 bits per heavy atom. The second kappa shape index (κ2) is 7.26. The van der Waals surface area contributed by atoms with Crippen molar-refractivity contribution in [3.05, 3.63) is 0 Å². The van der Waals surface area contributed by atoms with Gasteiger partial charge in [0.05, 0.1) is 26.1 Å². The van der Waals surface area contributed by atoms with Gasteiger partial charge >= 0.3 is 12.1 Å². The van der Waals surface area contributed by atoms with E-state index in [0.29, 0.717) is 0 Å². The number of alkyl halides is 3. The van der Waals surface area contributed by atoms with Gasteiger partial charge in [-0.1, -0.05) is 0 Å². The maximum Gasteiger partial charge on any atom is 0.401 e. The standard InChI is InChI=1S/C10H16F3NO3/c1-3-17-9(16)5-4-8(15)6-14(2)7-10(11,12)13/h3-7H2,1-2H3. The summed E-state index contributed by atoms with van der Waals surface area (Å²) in [5, 5.41) is 0. The average molecular weight is 255 g/mol. The summed E-state index contributed by atoms with van der Waals surface area (Å²) in [6, 6.07) is 0. The van der Waals surface area contributed by atoms with E-state index in [1.54, 1.807) is 6.92 Å². The summed E-state index contributed by atoms with van der Waals surface area (Å²) in [6.45, 7) is 0.398. The van der Waals surface area contributed by atoms with Gasteiger partial charge in [-0.15, -0.1) is 0 Å². The molecule has 0 aliphatic rings. The van der Waals surface area contributed by atoms with Crippen LogP contribution >= 0.6 is 0 Å². The largest absolute Gasteiger partial charge is 0.466 e. The van der Waals surface area contributed by atoms with Crippen LogP contribution in [0.15, 0.2) is 0 Å². The molecule has 0 aliphatic carbocycles. The lowest BCUT2D eigenvalue weighted by atomic mass is 10.2. The van der Waals surface area contributed by atoms with E-state index in [1.807, 2.05) is 0 Å². The number of likely N-dealkylation sites (N-methyl/N-ethyl adjacent to an activating group) is 1. The molecule has 100 valence electrons. The molecule has 0 saturated heterocycles. The van der Waals surface area contributed by atoms with Crippen molar-refractivity contribution < 1.29 is 27.5 Å². The minimum absolute atomic E-state index is 0.0907. The molecular formula is C10H16F3NO3.